The fourth-order valence-electron chi connectivity index (χ4n) is 3.00. The molecule has 0 bridgehead atoms. The minimum absolute atomic E-state index is 0.00251. The molecule has 1 aliphatic rings. The van der Waals surface area contributed by atoms with Crippen molar-refractivity contribution < 1.29 is 9.18 Å². The Morgan fingerprint density at radius 2 is 2.05 bits per heavy atom. The summed E-state index contributed by atoms with van der Waals surface area (Å²) in [6.45, 7) is 5.06. The van der Waals surface area contributed by atoms with Crippen LogP contribution < -0.4 is 10.6 Å². The maximum atomic E-state index is 13.4. The molecular formula is C17H25FN2O. The molecule has 0 aromatic heterocycles. The van der Waals surface area contributed by atoms with Gasteiger partial charge in [-0.25, -0.2) is 4.39 Å². The summed E-state index contributed by atoms with van der Waals surface area (Å²) in [5, 5.41) is 6.11. The molecule has 1 amide bonds. The van der Waals surface area contributed by atoms with E-state index < -0.39 is 0 Å². The first-order chi connectivity index (χ1) is 10.1. The van der Waals surface area contributed by atoms with Crippen LogP contribution in [0.4, 0.5) is 4.39 Å². The number of hydrogen-bond donors (Lipinski definition) is 2. The summed E-state index contributed by atoms with van der Waals surface area (Å²) in [4.78, 5) is 12.0. The van der Waals surface area contributed by atoms with Gasteiger partial charge in [-0.05, 0) is 24.3 Å². The molecule has 1 aliphatic carbocycles. The highest BCUT2D eigenvalue weighted by atomic mass is 19.1. The van der Waals surface area contributed by atoms with Crippen molar-refractivity contribution in [2.24, 2.45) is 11.8 Å². The van der Waals surface area contributed by atoms with Crippen LogP contribution in [-0.4, -0.2) is 18.5 Å². The average molecular weight is 292 g/mol. The molecule has 0 saturated heterocycles. The molecule has 0 heterocycles. The minimum atomic E-state index is -0.236. The van der Waals surface area contributed by atoms with Crippen LogP contribution in [0.2, 0.25) is 0 Å². The summed E-state index contributed by atoms with van der Waals surface area (Å²) in [6, 6.07) is 6.90. The largest absolute Gasteiger partial charge is 0.352 e. The Balaban J connectivity index is 1.74. The molecule has 0 radical (unpaired) electrons. The Morgan fingerprint density at radius 1 is 1.29 bits per heavy atom. The third kappa shape index (κ3) is 4.53. The zero-order valence-electron chi connectivity index (χ0n) is 12.9. The second-order valence-electron chi connectivity index (χ2n) is 6.14. The molecule has 116 valence electrons. The molecule has 0 spiro atoms. The molecule has 0 unspecified atom stereocenters. The van der Waals surface area contributed by atoms with Crippen molar-refractivity contribution >= 4 is 5.91 Å². The fourth-order valence-corrected chi connectivity index (χ4v) is 3.00. The highest BCUT2D eigenvalue weighted by molar-refractivity contribution is 5.78. The van der Waals surface area contributed by atoms with Gasteiger partial charge in [0.1, 0.15) is 5.82 Å². The molecule has 2 N–H and O–H groups in total. The van der Waals surface area contributed by atoms with Crippen molar-refractivity contribution in [3.05, 3.63) is 35.6 Å². The van der Waals surface area contributed by atoms with E-state index in [1.807, 2.05) is 0 Å². The molecule has 2 rings (SSSR count). The molecule has 4 heteroatoms. The van der Waals surface area contributed by atoms with Crippen LogP contribution in [0, 0.1) is 17.7 Å². The topological polar surface area (TPSA) is 41.1 Å². The Kier molecular flexibility index (Phi) is 5.74. The first-order valence-corrected chi connectivity index (χ1v) is 7.81. The first-order valence-electron chi connectivity index (χ1n) is 7.81. The normalized spacial score (nSPS) is 25.6. The highest BCUT2D eigenvalue weighted by Gasteiger charge is 2.27. The van der Waals surface area contributed by atoms with E-state index in [4.69, 9.17) is 0 Å². The molecule has 0 aliphatic heterocycles. The summed E-state index contributed by atoms with van der Waals surface area (Å²) < 4.78 is 13.4. The van der Waals surface area contributed by atoms with Gasteiger partial charge >= 0.3 is 0 Å². The van der Waals surface area contributed by atoms with Crippen LogP contribution in [0.3, 0.4) is 0 Å². The lowest BCUT2D eigenvalue weighted by Gasteiger charge is -2.34. The molecule has 1 aromatic rings. The summed E-state index contributed by atoms with van der Waals surface area (Å²) in [7, 11) is 0. The second kappa shape index (κ2) is 7.55. The van der Waals surface area contributed by atoms with E-state index >= 15 is 0 Å². The summed E-state index contributed by atoms with van der Waals surface area (Å²) in [5.41, 5.74) is 0.588. The number of rotatable bonds is 5. The van der Waals surface area contributed by atoms with Gasteiger partial charge in [0.15, 0.2) is 0 Å². The van der Waals surface area contributed by atoms with Crippen LogP contribution >= 0.6 is 0 Å². The number of hydrogen-bond acceptors (Lipinski definition) is 2. The van der Waals surface area contributed by atoms with Crippen molar-refractivity contribution in [2.45, 2.75) is 45.7 Å². The number of halogens is 1. The van der Waals surface area contributed by atoms with Crippen molar-refractivity contribution in [2.75, 3.05) is 6.54 Å². The standard InChI is InChI=1S/C17H25FN2O/c1-12-6-5-9-16(13(12)2)20-17(21)11-19-10-14-7-3-4-8-15(14)18/h3-4,7-8,12-13,16,19H,5-6,9-11H2,1-2H3,(H,20,21)/t12-,13-,16+/m1/s1. The number of carbonyl (C=O) groups is 1. The smallest absolute Gasteiger partial charge is 0.234 e. The van der Waals surface area contributed by atoms with Gasteiger partial charge in [0.2, 0.25) is 5.91 Å². The quantitative estimate of drug-likeness (QED) is 0.876. The van der Waals surface area contributed by atoms with Crippen LogP contribution in [0.15, 0.2) is 24.3 Å². The minimum Gasteiger partial charge on any atom is -0.352 e. The lowest BCUT2D eigenvalue weighted by Crippen LogP contribution is -2.46. The molecule has 21 heavy (non-hydrogen) atoms. The van der Waals surface area contributed by atoms with Gasteiger partial charge in [0, 0.05) is 18.2 Å². The van der Waals surface area contributed by atoms with Gasteiger partial charge in [-0.15, -0.1) is 0 Å². The fraction of sp³-hybridized carbons (Fsp3) is 0.588. The van der Waals surface area contributed by atoms with Gasteiger partial charge in [0.25, 0.3) is 0 Å². The third-order valence-corrected chi connectivity index (χ3v) is 4.61. The summed E-state index contributed by atoms with van der Waals surface area (Å²) >= 11 is 0. The monoisotopic (exact) mass is 292 g/mol. The van der Waals surface area contributed by atoms with Crippen LogP contribution in [0.5, 0.6) is 0 Å². The van der Waals surface area contributed by atoms with Crippen LogP contribution in [0.1, 0.15) is 38.7 Å². The van der Waals surface area contributed by atoms with Gasteiger partial charge in [-0.2, -0.15) is 0 Å². The van der Waals surface area contributed by atoms with Gasteiger partial charge < -0.3 is 10.6 Å². The molecule has 1 fully saturated rings. The van der Waals surface area contributed by atoms with E-state index in [2.05, 4.69) is 24.5 Å². The Hall–Kier alpha value is -1.42. The SMILES string of the molecule is C[C@@H]1[C@H](C)CCC[C@@H]1NC(=O)CNCc1ccccc1F. The molecule has 3 nitrogen and oxygen atoms in total. The zero-order chi connectivity index (χ0) is 15.2. The van der Waals surface area contributed by atoms with E-state index in [0.717, 1.165) is 6.42 Å². The number of nitrogens with one attached hydrogen (secondary N) is 2. The number of amides is 1. The molecule has 1 saturated carbocycles. The lowest BCUT2D eigenvalue weighted by molar-refractivity contribution is -0.121. The van der Waals surface area contributed by atoms with Gasteiger partial charge in [-0.3, -0.25) is 4.79 Å². The maximum absolute atomic E-state index is 13.4. The van der Waals surface area contributed by atoms with Crippen molar-refractivity contribution in [3.8, 4) is 0 Å². The second-order valence-corrected chi connectivity index (χ2v) is 6.14. The van der Waals surface area contributed by atoms with Crippen LogP contribution in [-0.2, 0) is 11.3 Å². The first kappa shape index (κ1) is 16.0. The Bertz CT molecular complexity index is 478. The maximum Gasteiger partial charge on any atom is 0.234 e. The van der Waals surface area contributed by atoms with E-state index in [1.54, 1.807) is 18.2 Å². The molecule has 3 atom stereocenters. The average Bonchev–Trinajstić information content (AvgIpc) is 2.46. The van der Waals surface area contributed by atoms with Gasteiger partial charge in [-0.1, -0.05) is 44.9 Å². The Morgan fingerprint density at radius 3 is 2.81 bits per heavy atom. The van der Waals surface area contributed by atoms with E-state index in [0.29, 0.717) is 23.9 Å². The molecule has 1 aromatic carbocycles. The lowest BCUT2D eigenvalue weighted by atomic mass is 9.78. The highest BCUT2D eigenvalue weighted by Crippen LogP contribution is 2.29. The number of benzene rings is 1. The van der Waals surface area contributed by atoms with E-state index in [1.165, 1.54) is 18.9 Å². The van der Waals surface area contributed by atoms with E-state index in [-0.39, 0.29) is 24.3 Å². The molecular weight excluding hydrogens is 267 g/mol. The summed E-state index contributed by atoms with van der Waals surface area (Å²) in [5.74, 6) is 0.946. The third-order valence-electron chi connectivity index (χ3n) is 4.61. The zero-order valence-corrected chi connectivity index (χ0v) is 12.9. The Labute approximate surface area is 126 Å². The van der Waals surface area contributed by atoms with Crippen molar-refractivity contribution in [1.29, 1.82) is 0 Å². The predicted octanol–water partition coefficient (Wildman–Crippen LogP) is 2.86. The van der Waals surface area contributed by atoms with Crippen molar-refractivity contribution in [3.63, 3.8) is 0 Å². The van der Waals surface area contributed by atoms with Crippen molar-refractivity contribution in [1.82, 2.24) is 10.6 Å². The predicted molar refractivity (Wildman–Crippen MR) is 82.2 cm³/mol. The van der Waals surface area contributed by atoms with Gasteiger partial charge in [0.05, 0.1) is 6.54 Å². The van der Waals surface area contributed by atoms with E-state index in [9.17, 15) is 9.18 Å². The number of carbonyl (C=O) groups excluding carboxylic acids is 1. The van der Waals surface area contributed by atoms with Crippen LogP contribution in [0.25, 0.3) is 0 Å². The summed E-state index contributed by atoms with van der Waals surface area (Å²) in [6.07, 6.45) is 3.49.